The normalized spacial score (nSPS) is 22.9. The van der Waals surface area contributed by atoms with Crippen LogP contribution in [0.1, 0.15) is 57.2 Å². The fourth-order valence-corrected chi connectivity index (χ4v) is 5.99. The standard InChI is InChI=1S/C24H30N2O3S/c1-5-29-22-12-7-6-9-19(22)23-18-11-8-10-17(18)20-15-16(13-14-21(20)25-23)30(27,28)26-24(2,3)4/h6-10,12-15,17-18,23,25-26H,5,11H2,1-4H3. The average molecular weight is 427 g/mol. The van der Waals surface area contributed by atoms with E-state index in [1.807, 2.05) is 58.0 Å². The van der Waals surface area contributed by atoms with Gasteiger partial charge in [0.2, 0.25) is 10.0 Å². The van der Waals surface area contributed by atoms with Crippen LogP contribution in [0.3, 0.4) is 0 Å². The molecule has 2 aromatic carbocycles. The van der Waals surface area contributed by atoms with Gasteiger partial charge < -0.3 is 10.1 Å². The minimum atomic E-state index is -3.58. The second-order valence-electron chi connectivity index (χ2n) is 9.05. The molecule has 160 valence electrons. The van der Waals surface area contributed by atoms with Crippen molar-refractivity contribution in [3.63, 3.8) is 0 Å². The molecule has 5 nitrogen and oxygen atoms in total. The van der Waals surface area contributed by atoms with Crippen molar-refractivity contribution in [1.29, 1.82) is 0 Å². The highest BCUT2D eigenvalue weighted by atomic mass is 32.2. The van der Waals surface area contributed by atoms with Gasteiger partial charge >= 0.3 is 0 Å². The van der Waals surface area contributed by atoms with E-state index in [-0.39, 0.29) is 12.0 Å². The molecule has 30 heavy (non-hydrogen) atoms. The third-order valence-corrected chi connectivity index (χ3v) is 7.39. The van der Waals surface area contributed by atoms with Gasteiger partial charge in [-0.2, -0.15) is 0 Å². The van der Waals surface area contributed by atoms with Crippen molar-refractivity contribution >= 4 is 15.7 Å². The van der Waals surface area contributed by atoms with E-state index in [0.29, 0.717) is 17.4 Å². The van der Waals surface area contributed by atoms with E-state index >= 15 is 0 Å². The molecule has 0 saturated heterocycles. The van der Waals surface area contributed by atoms with E-state index in [1.54, 1.807) is 6.07 Å². The number of allylic oxidation sites excluding steroid dienone is 2. The van der Waals surface area contributed by atoms with Gasteiger partial charge in [-0.3, -0.25) is 0 Å². The topological polar surface area (TPSA) is 67.4 Å². The molecule has 6 heteroatoms. The maximum Gasteiger partial charge on any atom is 0.241 e. The fourth-order valence-electron chi connectivity index (χ4n) is 4.53. The summed E-state index contributed by atoms with van der Waals surface area (Å²) in [4.78, 5) is 0.310. The molecule has 4 rings (SSSR count). The van der Waals surface area contributed by atoms with Gasteiger partial charge in [0.15, 0.2) is 0 Å². The van der Waals surface area contributed by atoms with Gasteiger partial charge in [0.1, 0.15) is 5.75 Å². The molecule has 1 heterocycles. The maximum absolute atomic E-state index is 12.9. The zero-order valence-corrected chi connectivity index (χ0v) is 18.8. The number of fused-ring (bicyclic) bond motifs is 3. The van der Waals surface area contributed by atoms with Gasteiger partial charge in [0.05, 0.1) is 17.5 Å². The van der Waals surface area contributed by atoms with Crippen LogP contribution in [0.25, 0.3) is 0 Å². The number of hydrogen-bond acceptors (Lipinski definition) is 4. The smallest absolute Gasteiger partial charge is 0.241 e. The quantitative estimate of drug-likeness (QED) is 0.661. The number of nitrogens with one attached hydrogen (secondary N) is 2. The predicted octanol–water partition coefficient (Wildman–Crippen LogP) is 4.99. The Labute approximate surface area is 179 Å². The van der Waals surface area contributed by atoms with E-state index in [0.717, 1.165) is 29.0 Å². The van der Waals surface area contributed by atoms with E-state index in [2.05, 4.69) is 28.3 Å². The molecule has 2 N–H and O–H groups in total. The van der Waals surface area contributed by atoms with Gasteiger partial charge in [0.25, 0.3) is 0 Å². The van der Waals surface area contributed by atoms with Crippen molar-refractivity contribution in [3.8, 4) is 5.75 Å². The number of hydrogen-bond donors (Lipinski definition) is 2. The van der Waals surface area contributed by atoms with Crippen LogP contribution in [0.2, 0.25) is 0 Å². The Kier molecular flexibility index (Phi) is 5.41. The number of sulfonamides is 1. The van der Waals surface area contributed by atoms with Gasteiger partial charge in [0, 0.05) is 22.7 Å². The zero-order valence-electron chi connectivity index (χ0n) is 18.0. The first kappa shape index (κ1) is 20.9. The molecule has 3 atom stereocenters. The van der Waals surface area contributed by atoms with Crippen LogP contribution in [0.4, 0.5) is 5.69 Å². The van der Waals surface area contributed by atoms with Crippen molar-refractivity contribution in [2.45, 2.75) is 56.5 Å². The van der Waals surface area contributed by atoms with Crippen LogP contribution in [0.5, 0.6) is 5.75 Å². The van der Waals surface area contributed by atoms with Gasteiger partial charge in [-0.05, 0) is 69.9 Å². The molecule has 0 saturated carbocycles. The molecule has 0 amide bonds. The summed E-state index contributed by atoms with van der Waals surface area (Å²) < 4.78 is 34.4. The Balaban J connectivity index is 1.73. The van der Waals surface area contributed by atoms with Gasteiger partial charge in [-0.1, -0.05) is 30.4 Å². The lowest BCUT2D eigenvalue weighted by atomic mass is 9.77. The summed E-state index contributed by atoms with van der Waals surface area (Å²) in [6, 6.07) is 13.7. The third-order valence-electron chi connectivity index (χ3n) is 5.64. The summed E-state index contributed by atoms with van der Waals surface area (Å²) in [6.45, 7) is 8.16. The number of benzene rings is 2. The van der Waals surface area contributed by atoms with Crippen molar-refractivity contribution < 1.29 is 13.2 Å². The van der Waals surface area contributed by atoms with E-state index < -0.39 is 15.6 Å². The first-order chi connectivity index (χ1) is 14.2. The van der Waals surface area contributed by atoms with E-state index in [4.69, 9.17) is 4.74 Å². The molecule has 1 aliphatic heterocycles. The SMILES string of the molecule is CCOc1ccccc1C1Nc2ccc(S(=O)(=O)NC(C)(C)C)cc2C2C=CCC21. The molecular formula is C24H30N2O3S. The van der Waals surface area contributed by atoms with Crippen LogP contribution in [-0.4, -0.2) is 20.6 Å². The number of ether oxygens (including phenoxy) is 1. The molecule has 3 unspecified atom stereocenters. The Morgan fingerprint density at radius 3 is 2.63 bits per heavy atom. The Bertz CT molecular complexity index is 1070. The van der Waals surface area contributed by atoms with Crippen molar-refractivity contribution in [3.05, 3.63) is 65.7 Å². The largest absolute Gasteiger partial charge is 0.494 e. The van der Waals surface area contributed by atoms with Gasteiger partial charge in [-0.15, -0.1) is 0 Å². The summed E-state index contributed by atoms with van der Waals surface area (Å²) in [5, 5.41) is 3.68. The molecule has 2 aromatic rings. The Morgan fingerprint density at radius 2 is 1.90 bits per heavy atom. The Morgan fingerprint density at radius 1 is 1.13 bits per heavy atom. The van der Waals surface area contributed by atoms with Crippen LogP contribution in [-0.2, 0) is 10.0 Å². The summed E-state index contributed by atoms with van der Waals surface area (Å²) in [7, 11) is -3.58. The van der Waals surface area contributed by atoms with Crippen molar-refractivity contribution in [1.82, 2.24) is 4.72 Å². The van der Waals surface area contributed by atoms with Crippen LogP contribution in [0, 0.1) is 5.92 Å². The lowest BCUT2D eigenvalue weighted by Crippen LogP contribution is -2.40. The first-order valence-electron chi connectivity index (χ1n) is 10.5. The highest BCUT2D eigenvalue weighted by Gasteiger charge is 2.39. The highest BCUT2D eigenvalue weighted by molar-refractivity contribution is 7.89. The number of rotatable bonds is 5. The molecule has 0 radical (unpaired) electrons. The lowest BCUT2D eigenvalue weighted by Gasteiger charge is -2.38. The molecule has 0 spiro atoms. The second-order valence-corrected chi connectivity index (χ2v) is 10.7. The average Bonchev–Trinajstić information content (AvgIpc) is 3.16. The van der Waals surface area contributed by atoms with Crippen molar-refractivity contribution in [2.24, 2.45) is 5.92 Å². The third kappa shape index (κ3) is 3.98. The molecule has 1 aliphatic carbocycles. The summed E-state index contributed by atoms with van der Waals surface area (Å²) in [6.07, 6.45) is 5.37. The maximum atomic E-state index is 12.9. The molecular weight excluding hydrogens is 396 g/mol. The number of anilines is 1. The Hall–Kier alpha value is -2.31. The molecule has 0 bridgehead atoms. The highest BCUT2D eigenvalue weighted by Crippen LogP contribution is 2.51. The van der Waals surface area contributed by atoms with E-state index in [1.165, 1.54) is 0 Å². The summed E-state index contributed by atoms with van der Waals surface area (Å²) in [5.74, 6) is 1.39. The minimum absolute atomic E-state index is 0.107. The monoisotopic (exact) mass is 426 g/mol. The minimum Gasteiger partial charge on any atom is -0.494 e. The predicted molar refractivity (Wildman–Crippen MR) is 120 cm³/mol. The van der Waals surface area contributed by atoms with Crippen molar-refractivity contribution in [2.75, 3.05) is 11.9 Å². The number of para-hydroxylation sites is 1. The lowest BCUT2D eigenvalue weighted by molar-refractivity contribution is 0.326. The fraction of sp³-hybridized carbons (Fsp3) is 0.417. The molecule has 0 aromatic heterocycles. The summed E-state index contributed by atoms with van der Waals surface area (Å²) in [5.41, 5.74) is 2.64. The zero-order chi connectivity index (χ0) is 21.5. The van der Waals surface area contributed by atoms with E-state index in [9.17, 15) is 8.42 Å². The summed E-state index contributed by atoms with van der Waals surface area (Å²) >= 11 is 0. The first-order valence-corrected chi connectivity index (χ1v) is 12.0. The van der Waals surface area contributed by atoms with Crippen LogP contribution >= 0.6 is 0 Å². The molecule has 0 fully saturated rings. The molecule has 2 aliphatic rings. The van der Waals surface area contributed by atoms with Crippen LogP contribution in [0.15, 0.2) is 59.5 Å². The van der Waals surface area contributed by atoms with Crippen LogP contribution < -0.4 is 14.8 Å². The van der Waals surface area contributed by atoms with Gasteiger partial charge in [-0.25, -0.2) is 13.1 Å². The second kappa shape index (κ2) is 7.75.